The number of nitriles is 1. The number of carbonyl (C=O) groups is 1. The molecule has 0 unspecified atom stereocenters. The summed E-state index contributed by atoms with van der Waals surface area (Å²) in [6.07, 6.45) is 2.67. The fraction of sp³-hybridized carbons (Fsp3) is 0.500. The van der Waals surface area contributed by atoms with E-state index in [2.05, 4.69) is 4.74 Å². The van der Waals surface area contributed by atoms with Crippen LogP contribution in [-0.2, 0) is 14.3 Å². The minimum Gasteiger partial charge on any atom is -0.501 e. The first-order valence-corrected chi connectivity index (χ1v) is 3.63. The van der Waals surface area contributed by atoms with Crippen molar-refractivity contribution < 1.29 is 14.3 Å². The summed E-state index contributed by atoms with van der Waals surface area (Å²) in [6.45, 7) is 2.46. The molecule has 0 saturated carbocycles. The van der Waals surface area contributed by atoms with Gasteiger partial charge in [-0.3, -0.25) is 0 Å². The molecule has 0 aromatic carbocycles. The topological polar surface area (TPSA) is 59.3 Å². The zero-order valence-electron chi connectivity index (χ0n) is 6.95. The average Bonchev–Trinajstić information content (AvgIpc) is 2.06. The van der Waals surface area contributed by atoms with E-state index in [4.69, 9.17) is 10.00 Å². The lowest BCUT2D eigenvalue weighted by atomic mass is 10.5. The molecular weight excluding hydrogens is 158 g/mol. The van der Waals surface area contributed by atoms with Crippen LogP contribution in [0.2, 0.25) is 0 Å². The number of hydrogen-bond donors (Lipinski definition) is 0. The molecule has 0 aromatic heterocycles. The van der Waals surface area contributed by atoms with Crippen LogP contribution >= 0.6 is 0 Å². The summed E-state index contributed by atoms with van der Waals surface area (Å²) in [5.41, 5.74) is 0. The standard InChI is InChI=1S/C8H11NO3/c1-2-11-7-4-8(10)12-6-3-5-9/h4,7H,2-3,6H2,1H3. The summed E-state index contributed by atoms with van der Waals surface area (Å²) < 4.78 is 9.36. The van der Waals surface area contributed by atoms with Crippen LogP contribution in [0, 0.1) is 11.3 Å². The number of rotatable bonds is 5. The van der Waals surface area contributed by atoms with Gasteiger partial charge in [0.1, 0.15) is 6.61 Å². The second-order valence-corrected chi connectivity index (χ2v) is 1.83. The van der Waals surface area contributed by atoms with Gasteiger partial charge in [0.25, 0.3) is 0 Å². The molecule has 0 N–H and O–H groups in total. The Morgan fingerprint density at radius 2 is 2.42 bits per heavy atom. The molecule has 0 amide bonds. The van der Waals surface area contributed by atoms with Crippen molar-refractivity contribution >= 4 is 5.97 Å². The summed E-state index contributed by atoms with van der Waals surface area (Å²) >= 11 is 0. The number of ether oxygens (including phenoxy) is 2. The molecule has 0 radical (unpaired) electrons. The first-order chi connectivity index (χ1) is 5.81. The van der Waals surface area contributed by atoms with Crippen molar-refractivity contribution in [2.45, 2.75) is 13.3 Å². The predicted octanol–water partition coefficient (Wildman–Crippen LogP) is 0.993. The molecule has 0 atom stereocenters. The third kappa shape index (κ3) is 6.62. The maximum atomic E-state index is 10.7. The van der Waals surface area contributed by atoms with E-state index in [-0.39, 0.29) is 13.0 Å². The van der Waals surface area contributed by atoms with E-state index in [1.54, 1.807) is 0 Å². The van der Waals surface area contributed by atoms with Crippen LogP contribution in [0.1, 0.15) is 13.3 Å². The molecule has 0 fully saturated rings. The van der Waals surface area contributed by atoms with E-state index in [1.807, 2.05) is 13.0 Å². The molecule has 0 saturated heterocycles. The van der Waals surface area contributed by atoms with Crippen LogP contribution < -0.4 is 0 Å². The Labute approximate surface area is 71.4 Å². The summed E-state index contributed by atoms with van der Waals surface area (Å²) in [4.78, 5) is 10.7. The summed E-state index contributed by atoms with van der Waals surface area (Å²) in [7, 11) is 0. The van der Waals surface area contributed by atoms with Crippen molar-refractivity contribution in [3.05, 3.63) is 12.3 Å². The van der Waals surface area contributed by atoms with E-state index < -0.39 is 5.97 Å². The second-order valence-electron chi connectivity index (χ2n) is 1.83. The van der Waals surface area contributed by atoms with Crippen LogP contribution in [0.25, 0.3) is 0 Å². The molecule has 0 bridgehead atoms. The van der Waals surface area contributed by atoms with Gasteiger partial charge in [-0.1, -0.05) is 0 Å². The second kappa shape index (κ2) is 7.61. The van der Waals surface area contributed by atoms with Crippen molar-refractivity contribution in [3.63, 3.8) is 0 Å². The molecule has 66 valence electrons. The van der Waals surface area contributed by atoms with Crippen LogP contribution in [-0.4, -0.2) is 19.2 Å². The monoisotopic (exact) mass is 169 g/mol. The third-order valence-electron chi connectivity index (χ3n) is 0.925. The van der Waals surface area contributed by atoms with Crippen LogP contribution in [0.5, 0.6) is 0 Å². The van der Waals surface area contributed by atoms with Gasteiger partial charge in [0.05, 0.1) is 31.4 Å². The Kier molecular flexibility index (Phi) is 6.65. The SMILES string of the molecule is CCOC=CC(=O)OCCC#N. The Morgan fingerprint density at radius 1 is 1.67 bits per heavy atom. The zero-order chi connectivity index (χ0) is 9.23. The molecule has 12 heavy (non-hydrogen) atoms. The predicted molar refractivity (Wildman–Crippen MR) is 42.0 cm³/mol. The van der Waals surface area contributed by atoms with Crippen LogP contribution in [0.3, 0.4) is 0 Å². The van der Waals surface area contributed by atoms with Crippen LogP contribution in [0.15, 0.2) is 12.3 Å². The molecule has 0 aliphatic carbocycles. The Morgan fingerprint density at radius 3 is 3.00 bits per heavy atom. The van der Waals surface area contributed by atoms with Crippen molar-refractivity contribution in [2.24, 2.45) is 0 Å². The highest BCUT2D eigenvalue weighted by Gasteiger charge is 1.94. The fourth-order valence-electron chi connectivity index (χ4n) is 0.445. The number of nitrogens with zero attached hydrogens (tertiary/aromatic N) is 1. The van der Waals surface area contributed by atoms with Crippen molar-refractivity contribution in [3.8, 4) is 6.07 Å². The number of esters is 1. The van der Waals surface area contributed by atoms with E-state index >= 15 is 0 Å². The van der Waals surface area contributed by atoms with Gasteiger partial charge in [-0.2, -0.15) is 5.26 Å². The first-order valence-electron chi connectivity index (χ1n) is 3.63. The molecule has 0 aliphatic heterocycles. The van der Waals surface area contributed by atoms with Gasteiger partial charge in [-0.25, -0.2) is 4.79 Å². The van der Waals surface area contributed by atoms with Gasteiger partial charge in [0.2, 0.25) is 0 Å². The smallest absolute Gasteiger partial charge is 0.333 e. The fourth-order valence-corrected chi connectivity index (χ4v) is 0.445. The van der Waals surface area contributed by atoms with Gasteiger partial charge in [0.15, 0.2) is 0 Å². The molecule has 0 aliphatic rings. The van der Waals surface area contributed by atoms with Crippen molar-refractivity contribution in [1.29, 1.82) is 5.26 Å². The third-order valence-corrected chi connectivity index (χ3v) is 0.925. The highest BCUT2D eigenvalue weighted by atomic mass is 16.5. The lowest BCUT2D eigenvalue weighted by Crippen LogP contribution is -2.01. The van der Waals surface area contributed by atoms with Crippen molar-refractivity contribution in [2.75, 3.05) is 13.2 Å². The summed E-state index contributed by atoms with van der Waals surface area (Å²) in [5, 5.41) is 8.11. The lowest BCUT2D eigenvalue weighted by Gasteiger charge is -1.96. The Balaban J connectivity index is 3.40. The van der Waals surface area contributed by atoms with Gasteiger partial charge >= 0.3 is 5.97 Å². The largest absolute Gasteiger partial charge is 0.501 e. The van der Waals surface area contributed by atoms with Crippen LogP contribution in [0.4, 0.5) is 0 Å². The van der Waals surface area contributed by atoms with Gasteiger partial charge < -0.3 is 9.47 Å². The molecule has 0 spiro atoms. The summed E-state index contributed by atoms with van der Waals surface area (Å²) in [6, 6.07) is 1.86. The normalized spacial score (nSPS) is 9.33. The van der Waals surface area contributed by atoms with E-state index in [0.29, 0.717) is 6.61 Å². The minimum absolute atomic E-state index is 0.131. The first kappa shape index (κ1) is 10.5. The van der Waals surface area contributed by atoms with E-state index in [9.17, 15) is 4.79 Å². The zero-order valence-corrected chi connectivity index (χ0v) is 6.95. The highest BCUT2D eigenvalue weighted by molar-refractivity contribution is 5.81. The maximum Gasteiger partial charge on any atom is 0.333 e. The van der Waals surface area contributed by atoms with E-state index in [0.717, 1.165) is 0 Å². The van der Waals surface area contributed by atoms with Gasteiger partial charge in [-0.15, -0.1) is 0 Å². The molecule has 4 nitrogen and oxygen atoms in total. The highest BCUT2D eigenvalue weighted by Crippen LogP contribution is 1.85. The molecule has 0 aromatic rings. The summed E-state index contributed by atoms with van der Waals surface area (Å²) in [5.74, 6) is -0.487. The van der Waals surface area contributed by atoms with E-state index in [1.165, 1.54) is 12.3 Å². The number of hydrogen-bond acceptors (Lipinski definition) is 4. The van der Waals surface area contributed by atoms with Crippen molar-refractivity contribution in [1.82, 2.24) is 0 Å². The molecule has 0 heterocycles. The lowest BCUT2D eigenvalue weighted by molar-refractivity contribution is -0.137. The average molecular weight is 169 g/mol. The molecule has 0 rings (SSSR count). The molecular formula is C8H11NO3. The van der Waals surface area contributed by atoms with Gasteiger partial charge in [0, 0.05) is 0 Å². The quantitative estimate of drug-likeness (QED) is 0.266. The number of carbonyl (C=O) groups excluding carboxylic acids is 1. The minimum atomic E-state index is -0.487. The Hall–Kier alpha value is -1.50. The van der Waals surface area contributed by atoms with Gasteiger partial charge in [-0.05, 0) is 6.92 Å². The maximum absolute atomic E-state index is 10.7. The Bertz CT molecular complexity index is 193. The molecule has 4 heteroatoms.